The first kappa shape index (κ1) is 13.9. The van der Waals surface area contributed by atoms with Gasteiger partial charge in [-0.1, -0.05) is 0 Å². The minimum absolute atomic E-state index is 0.296. The fourth-order valence-corrected chi connectivity index (χ4v) is 3.22. The number of aryl methyl sites for hydroxylation is 1. The molecule has 1 aromatic carbocycles. The Labute approximate surface area is 124 Å². The summed E-state index contributed by atoms with van der Waals surface area (Å²) in [6.07, 6.45) is 1.85. The highest BCUT2D eigenvalue weighted by Crippen LogP contribution is 2.34. The molecule has 2 aromatic heterocycles. The molecule has 0 saturated heterocycles. The van der Waals surface area contributed by atoms with Crippen LogP contribution >= 0.6 is 0 Å². The molecule has 0 fully saturated rings. The summed E-state index contributed by atoms with van der Waals surface area (Å²) < 4.78 is 2.30. The standard InChI is InChI=1S/C17H21N3O/c1-11(10-19(3)4)20-16-9-13(21)5-6-14(16)15-7-8-18-12(2)17(15)20/h5-9,11,21H,10H2,1-4H3. The van der Waals surface area contributed by atoms with Crippen molar-refractivity contribution in [2.45, 2.75) is 19.9 Å². The van der Waals surface area contributed by atoms with Gasteiger partial charge in [-0.05, 0) is 46.1 Å². The van der Waals surface area contributed by atoms with Gasteiger partial charge in [-0.2, -0.15) is 0 Å². The number of pyridine rings is 1. The lowest BCUT2D eigenvalue weighted by molar-refractivity contribution is 0.344. The molecule has 0 amide bonds. The number of hydrogen-bond acceptors (Lipinski definition) is 3. The number of phenolic OH excluding ortho intramolecular Hbond substituents is 1. The monoisotopic (exact) mass is 283 g/mol. The molecule has 0 radical (unpaired) electrons. The molecule has 0 aliphatic carbocycles. The van der Waals surface area contributed by atoms with Crippen LogP contribution in [0.1, 0.15) is 18.7 Å². The number of benzene rings is 1. The highest BCUT2D eigenvalue weighted by atomic mass is 16.3. The first-order valence-corrected chi connectivity index (χ1v) is 7.22. The molecule has 0 saturated carbocycles. The van der Waals surface area contributed by atoms with E-state index in [0.29, 0.717) is 11.8 Å². The van der Waals surface area contributed by atoms with E-state index in [4.69, 9.17) is 0 Å². The van der Waals surface area contributed by atoms with Crippen LogP contribution < -0.4 is 0 Å². The quantitative estimate of drug-likeness (QED) is 0.801. The number of fused-ring (bicyclic) bond motifs is 3. The number of aromatic nitrogens is 2. The second-order valence-corrected chi connectivity index (χ2v) is 5.98. The second kappa shape index (κ2) is 5.04. The van der Waals surface area contributed by atoms with E-state index in [0.717, 1.165) is 23.3 Å². The van der Waals surface area contributed by atoms with Crippen molar-refractivity contribution in [2.24, 2.45) is 0 Å². The van der Waals surface area contributed by atoms with E-state index in [9.17, 15) is 5.11 Å². The van der Waals surface area contributed by atoms with Gasteiger partial charge in [0, 0.05) is 35.6 Å². The Balaban J connectivity index is 2.39. The van der Waals surface area contributed by atoms with Gasteiger partial charge in [0.2, 0.25) is 0 Å². The van der Waals surface area contributed by atoms with E-state index in [1.165, 1.54) is 10.8 Å². The maximum atomic E-state index is 9.87. The average Bonchev–Trinajstić information content (AvgIpc) is 2.73. The van der Waals surface area contributed by atoms with Crippen molar-refractivity contribution in [1.29, 1.82) is 0 Å². The van der Waals surface area contributed by atoms with Crippen LogP contribution in [0.25, 0.3) is 21.8 Å². The molecule has 0 bridgehead atoms. The van der Waals surface area contributed by atoms with E-state index in [1.54, 1.807) is 6.07 Å². The Morgan fingerprint density at radius 3 is 2.71 bits per heavy atom. The first-order valence-electron chi connectivity index (χ1n) is 7.22. The fourth-order valence-electron chi connectivity index (χ4n) is 3.22. The summed E-state index contributed by atoms with van der Waals surface area (Å²) in [5, 5.41) is 12.2. The Hall–Kier alpha value is -2.07. The number of rotatable bonds is 3. The van der Waals surface area contributed by atoms with Crippen molar-refractivity contribution < 1.29 is 5.11 Å². The van der Waals surface area contributed by atoms with Gasteiger partial charge in [0.25, 0.3) is 0 Å². The highest BCUT2D eigenvalue weighted by Gasteiger charge is 2.17. The van der Waals surface area contributed by atoms with Crippen LogP contribution in [0, 0.1) is 6.92 Å². The summed E-state index contributed by atoms with van der Waals surface area (Å²) in [7, 11) is 4.15. The summed E-state index contributed by atoms with van der Waals surface area (Å²) >= 11 is 0. The second-order valence-electron chi connectivity index (χ2n) is 5.98. The summed E-state index contributed by atoms with van der Waals surface area (Å²) in [6, 6.07) is 7.94. The molecular weight excluding hydrogens is 262 g/mol. The predicted molar refractivity (Wildman–Crippen MR) is 86.9 cm³/mol. The number of likely N-dealkylation sites (N-methyl/N-ethyl adjacent to an activating group) is 1. The maximum Gasteiger partial charge on any atom is 0.117 e. The van der Waals surface area contributed by atoms with E-state index in [2.05, 4.69) is 41.5 Å². The van der Waals surface area contributed by atoms with Crippen LogP contribution in [0.3, 0.4) is 0 Å². The van der Waals surface area contributed by atoms with Gasteiger partial charge in [-0.15, -0.1) is 0 Å². The summed E-state index contributed by atoms with van der Waals surface area (Å²) in [5.74, 6) is 0.300. The minimum Gasteiger partial charge on any atom is -0.508 e. The molecule has 4 heteroatoms. The summed E-state index contributed by atoms with van der Waals surface area (Å²) in [5.41, 5.74) is 3.25. The van der Waals surface area contributed by atoms with Gasteiger partial charge >= 0.3 is 0 Å². The maximum absolute atomic E-state index is 9.87. The van der Waals surface area contributed by atoms with Crippen LogP contribution in [0.5, 0.6) is 5.75 Å². The SMILES string of the molecule is Cc1nccc2c3ccc(O)cc3n(C(C)CN(C)C)c12. The third-order valence-electron chi connectivity index (χ3n) is 3.95. The van der Waals surface area contributed by atoms with Gasteiger partial charge in [-0.3, -0.25) is 4.98 Å². The lowest BCUT2D eigenvalue weighted by atomic mass is 10.1. The van der Waals surface area contributed by atoms with Gasteiger partial charge in [0.05, 0.1) is 16.7 Å². The van der Waals surface area contributed by atoms with E-state index < -0.39 is 0 Å². The third-order valence-corrected chi connectivity index (χ3v) is 3.95. The normalized spacial score (nSPS) is 13.4. The van der Waals surface area contributed by atoms with Gasteiger partial charge in [-0.25, -0.2) is 0 Å². The summed E-state index contributed by atoms with van der Waals surface area (Å²) in [6.45, 7) is 5.18. The fraction of sp³-hybridized carbons (Fsp3) is 0.353. The molecule has 1 atom stereocenters. The molecule has 0 spiro atoms. The Morgan fingerprint density at radius 1 is 1.24 bits per heavy atom. The van der Waals surface area contributed by atoms with E-state index in [1.807, 2.05) is 25.3 Å². The van der Waals surface area contributed by atoms with E-state index in [-0.39, 0.29) is 0 Å². The number of phenols is 1. The number of nitrogens with zero attached hydrogens (tertiary/aromatic N) is 3. The van der Waals surface area contributed by atoms with Crippen molar-refractivity contribution in [3.63, 3.8) is 0 Å². The van der Waals surface area contributed by atoms with Crippen molar-refractivity contribution in [2.75, 3.05) is 20.6 Å². The lowest BCUT2D eigenvalue weighted by Gasteiger charge is -2.21. The largest absolute Gasteiger partial charge is 0.508 e. The molecule has 3 aromatic rings. The molecule has 1 unspecified atom stereocenters. The molecule has 3 rings (SSSR count). The first-order chi connectivity index (χ1) is 9.99. The Bertz CT molecular complexity index is 805. The Morgan fingerprint density at radius 2 is 2.00 bits per heavy atom. The molecule has 0 aliphatic rings. The zero-order chi connectivity index (χ0) is 15.1. The molecule has 21 heavy (non-hydrogen) atoms. The minimum atomic E-state index is 0.296. The van der Waals surface area contributed by atoms with Crippen LogP contribution in [-0.2, 0) is 0 Å². The van der Waals surface area contributed by atoms with Gasteiger partial charge in [0.15, 0.2) is 0 Å². The van der Waals surface area contributed by atoms with Crippen molar-refractivity contribution in [3.8, 4) is 5.75 Å². The van der Waals surface area contributed by atoms with Gasteiger partial charge in [0.1, 0.15) is 5.75 Å². The van der Waals surface area contributed by atoms with Gasteiger partial charge < -0.3 is 14.6 Å². The molecule has 4 nitrogen and oxygen atoms in total. The zero-order valence-corrected chi connectivity index (χ0v) is 13.0. The highest BCUT2D eigenvalue weighted by molar-refractivity contribution is 6.09. The van der Waals surface area contributed by atoms with Crippen molar-refractivity contribution in [3.05, 3.63) is 36.2 Å². The molecule has 110 valence electrons. The molecule has 2 heterocycles. The lowest BCUT2D eigenvalue weighted by Crippen LogP contribution is -2.22. The Kier molecular flexibility index (Phi) is 3.33. The predicted octanol–water partition coefficient (Wildman–Crippen LogP) is 3.33. The topological polar surface area (TPSA) is 41.3 Å². The van der Waals surface area contributed by atoms with Crippen LogP contribution in [0.4, 0.5) is 0 Å². The van der Waals surface area contributed by atoms with Crippen LogP contribution in [0.15, 0.2) is 30.5 Å². The number of hydrogen-bond donors (Lipinski definition) is 1. The van der Waals surface area contributed by atoms with E-state index >= 15 is 0 Å². The zero-order valence-electron chi connectivity index (χ0n) is 13.0. The smallest absolute Gasteiger partial charge is 0.117 e. The van der Waals surface area contributed by atoms with Crippen molar-refractivity contribution >= 4 is 21.8 Å². The molecule has 0 aliphatic heterocycles. The third kappa shape index (κ3) is 2.25. The van der Waals surface area contributed by atoms with Crippen LogP contribution in [0.2, 0.25) is 0 Å². The summed E-state index contributed by atoms with van der Waals surface area (Å²) in [4.78, 5) is 6.63. The molecule has 1 N–H and O–H groups in total. The molecular formula is C17H21N3O. The number of aromatic hydroxyl groups is 1. The average molecular weight is 283 g/mol. The van der Waals surface area contributed by atoms with Crippen molar-refractivity contribution in [1.82, 2.24) is 14.5 Å². The van der Waals surface area contributed by atoms with Crippen LogP contribution in [-0.4, -0.2) is 40.2 Å².